The fraction of sp³-hybridized carbons (Fsp3) is 0.588. The third-order valence-corrected chi connectivity index (χ3v) is 4.16. The van der Waals surface area contributed by atoms with Gasteiger partial charge in [-0.15, -0.1) is 0 Å². The predicted molar refractivity (Wildman–Crippen MR) is 89.1 cm³/mol. The molecule has 24 heavy (non-hydrogen) atoms. The third-order valence-electron chi connectivity index (χ3n) is 4.16. The maximum Gasteiger partial charge on any atom is 0.220 e. The standard InChI is InChI=1S/C17H25N5O2/c1-4-16(23)18-8-13-7-15-10-21(5-6-22(15)20-13)9-14-11-24-17(19-14)12(2)3/h7,11-12H,4-6,8-10H2,1-3H3,(H,18,23). The summed E-state index contributed by atoms with van der Waals surface area (Å²) < 4.78 is 7.54. The van der Waals surface area contributed by atoms with E-state index in [1.807, 2.05) is 11.6 Å². The van der Waals surface area contributed by atoms with Gasteiger partial charge < -0.3 is 9.73 Å². The Bertz CT molecular complexity index is 704. The fourth-order valence-electron chi connectivity index (χ4n) is 2.81. The van der Waals surface area contributed by atoms with E-state index in [-0.39, 0.29) is 5.91 Å². The van der Waals surface area contributed by atoms with E-state index in [0.717, 1.165) is 43.5 Å². The van der Waals surface area contributed by atoms with Crippen LogP contribution >= 0.6 is 0 Å². The van der Waals surface area contributed by atoms with Crippen molar-refractivity contribution in [3.8, 4) is 0 Å². The Balaban J connectivity index is 1.59. The van der Waals surface area contributed by atoms with Gasteiger partial charge in [0.25, 0.3) is 0 Å². The minimum absolute atomic E-state index is 0.0505. The summed E-state index contributed by atoms with van der Waals surface area (Å²) in [5, 5.41) is 7.44. The van der Waals surface area contributed by atoms with Crippen LogP contribution in [0, 0.1) is 0 Å². The van der Waals surface area contributed by atoms with Gasteiger partial charge in [0, 0.05) is 32.0 Å². The van der Waals surface area contributed by atoms with E-state index in [1.54, 1.807) is 6.26 Å². The Morgan fingerprint density at radius 3 is 2.92 bits per heavy atom. The largest absolute Gasteiger partial charge is 0.448 e. The van der Waals surface area contributed by atoms with Crippen molar-refractivity contribution >= 4 is 5.91 Å². The molecule has 0 aliphatic carbocycles. The van der Waals surface area contributed by atoms with Gasteiger partial charge in [-0.3, -0.25) is 14.4 Å². The number of amides is 1. The molecule has 1 aliphatic rings. The molecule has 0 spiro atoms. The molecule has 3 heterocycles. The molecule has 0 saturated heterocycles. The van der Waals surface area contributed by atoms with Crippen LogP contribution in [0.4, 0.5) is 0 Å². The summed E-state index contributed by atoms with van der Waals surface area (Å²) in [5.41, 5.74) is 3.06. The number of fused-ring (bicyclic) bond motifs is 1. The second kappa shape index (κ2) is 7.17. The Morgan fingerprint density at radius 1 is 1.38 bits per heavy atom. The lowest BCUT2D eigenvalue weighted by molar-refractivity contribution is -0.120. The van der Waals surface area contributed by atoms with Crippen molar-refractivity contribution < 1.29 is 9.21 Å². The smallest absolute Gasteiger partial charge is 0.220 e. The van der Waals surface area contributed by atoms with Gasteiger partial charge in [0.1, 0.15) is 6.26 Å². The van der Waals surface area contributed by atoms with E-state index >= 15 is 0 Å². The van der Waals surface area contributed by atoms with Gasteiger partial charge in [0.15, 0.2) is 5.89 Å². The average molecular weight is 331 g/mol. The van der Waals surface area contributed by atoms with Crippen molar-refractivity contribution in [2.24, 2.45) is 0 Å². The van der Waals surface area contributed by atoms with Crippen LogP contribution in [0.2, 0.25) is 0 Å². The van der Waals surface area contributed by atoms with E-state index in [1.165, 1.54) is 5.69 Å². The number of rotatable bonds is 6. The van der Waals surface area contributed by atoms with Crippen molar-refractivity contribution in [1.82, 2.24) is 25.0 Å². The summed E-state index contributed by atoms with van der Waals surface area (Å²) in [6.45, 7) is 9.89. The van der Waals surface area contributed by atoms with Crippen LogP contribution in [0.15, 0.2) is 16.7 Å². The Morgan fingerprint density at radius 2 is 2.21 bits per heavy atom. The highest BCUT2D eigenvalue weighted by Crippen LogP contribution is 2.18. The molecular weight excluding hydrogens is 306 g/mol. The van der Waals surface area contributed by atoms with Gasteiger partial charge in [-0.2, -0.15) is 5.10 Å². The topological polar surface area (TPSA) is 76.2 Å². The lowest BCUT2D eigenvalue weighted by atomic mass is 10.2. The zero-order chi connectivity index (χ0) is 17.1. The number of nitrogens with one attached hydrogen (secondary N) is 1. The molecule has 1 N–H and O–H groups in total. The number of aromatic nitrogens is 3. The number of carbonyl (C=O) groups is 1. The van der Waals surface area contributed by atoms with Crippen molar-refractivity contribution in [2.45, 2.75) is 59.3 Å². The van der Waals surface area contributed by atoms with Crippen LogP contribution in [0.5, 0.6) is 0 Å². The monoisotopic (exact) mass is 331 g/mol. The van der Waals surface area contributed by atoms with E-state index in [9.17, 15) is 4.79 Å². The molecule has 3 rings (SSSR count). The van der Waals surface area contributed by atoms with Gasteiger partial charge >= 0.3 is 0 Å². The second-order valence-electron chi connectivity index (χ2n) is 6.52. The SMILES string of the molecule is CCC(=O)NCc1cc2n(n1)CCN(Cc1coc(C(C)C)n1)C2. The maximum absolute atomic E-state index is 11.4. The molecule has 130 valence electrons. The molecule has 0 bridgehead atoms. The van der Waals surface area contributed by atoms with Gasteiger partial charge in [-0.25, -0.2) is 4.98 Å². The van der Waals surface area contributed by atoms with Crippen LogP contribution in [-0.4, -0.2) is 32.1 Å². The van der Waals surface area contributed by atoms with Crippen molar-refractivity contribution in [2.75, 3.05) is 6.54 Å². The fourth-order valence-corrected chi connectivity index (χ4v) is 2.81. The van der Waals surface area contributed by atoms with E-state index in [0.29, 0.717) is 18.9 Å². The summed E-state index contributed by atoms with van der Waals surface area (Å²) in [5.74, 6) is 1.15. The molecule has 0 atom stereocenters. The summed E-state index contributed by atoms with van der Waals surface area (Å²) in [7, 11) is 0. The summed E-state index contributed by atoms with van der Waals surface area (Å²) >= 11 is 0. The molecule has 7 heteroatoms. The van der Waals surface area contributed by atoms with E-state index < -0.39 is 0 Å². The first-order valence-corrected chi connectivity index (χ1v) is 8.54. The lowest BCUT2D eigenvalue weighted by Gasteiger charge is -2.26. The number of carbonyl (C=O) groups excluding carboxylic acids is 1. The second-order valence-corrected chi connectivity index (χ2v) is 6.52. The molecular formula is C17H25N5O2. The van der Waals surface area contributed by atoms with Crippen molar-refractivity contribution in [1.29, 1.82) is 0 Å². The van der Waals surface area contributed by atoms with E-state index in [2.05, 4.69) is 40.2 Å². The summed E-state index contributed by atoms with van der Waals surface area (Å²) in [6, 6.07) is 2.07. The molecule has 1 aliphatic heterocycles. The van der Waals surface area contributed by atoms with Crippen LogP contribution in [-0.2, 0) is 31.0 Å². The van der Waals surface area contributed by atoms with Crippen molar-refractivity contribution in [3.63, 3.8) is 0 Å². The molecule has 2 aromatic rings. The number of hydrogen-bond acceptors (Lipinski definition) is 5. The zero-order valence-electron chi connectivity index (χ0n) is 14.6. The summed E-state index contributed by atoms with van der Waals surface area (Å²) in [4.78, 5) is 18.2. The Labute approximate surface area is 142 Å². The summed E-state index contributed by atoms with van der Waals surface area (Å²) in [6.07, 6.45) is 2.25. The molecule has 7 nitrogen and oxygen atoms in total. The van der Waals surface area contributed by atoms with Crippen LogP contribution < -0.4 is 5.32 Å². The first kappa shape index (κ1) is 16.7. The minimum Gasteiger partial charge on any atom is -0.448 e. The van der Waals surface area contributed by atoms with Gasteiger partial charge in [-0.05, 0) is 6.07 Å². The number of oxazole rings is 1. The quantitative estimate of drug-likeness (QED) is 0.876. The molecule has 0 saturated carbocycles. The molecule has 0 aromatic carbocycles. The first-order valence-electron chi connectivity index (χ1n) is 8.54. The Kier molecular flexibility index (Phi) is 4.99. The molecule has 1 amide bonds. The minimum atomic E-state index is 0.0505. The van der Waals surface area contributed by atoms with Crippen molar-refractivity contribution in [3.05, 3.63) is 35.3 Å². The highest BCUT2D eigenvalue weighted by Gasteiger charge is 2.20. The lowest BCUT2D eigenvalue weighted by Crippen LogP contribution is -2.33. The van der Waals surface area contributed by atoms with Gasteiger partial charge in [-0.1, -0.05) is 20.8 Å². The highest BCUT2D eigenvalue weighted by molar-refractivity contribution is 5.75. The van der Waals surface area contributed by atoms with Crippen LogP contribution in [0.3, 0.4) is 0 Å². The number of hydrogen-bond donors (Lipinski definition) is 1. The predicted octanol–water partition coefficient (Wildman–Crippen LogP) is 2.04. The normalized spacial score (nSPS) is 14.8. The highest BCUT2D eigenvalue weighted by atomic mass is 16.3. The molecule has 2 aromatic heterocycles. The van der Waals surface area contributed by atoms with E-state index in [4.69, 9.17) is 4.42 Å². The molecule has 0 fully saturated rings. The van der Waals surface area contributed by atoms with Gasteiger partial charge in [0.2, 0.25) is 5.91 Å². The third kappa shape index (κ3) is 3.84. The average Bonchev–Trinajstić information content (AvgIpc) is 3.18. The number of nitrogens with zero attached hydrogens (tertiary/aromatic N) is 4. The first-order chi connectivity index (χ1) is 11.5. The van der Waals surface area contributed by atoms with Gasteiger partial charge in [0.05, 0.1) is 30.2 Å². The maximum atomic E-state index is 11.4. The Hall–Kier alpha value is -2.15. The molecule has 0 unspecified atom stereocenters. The van der Waals surface area contributed by atoms with Crippen LogP contribution in [0.25, 0.3) is 0 Å². The van der Waals surface area contributed by atoms with Crippen LogP contribution in [0.1, 0.15) is 56.1 Å². The zero-order valence-corrected chi connectivity index (χ0v) is 14.6. The molecule has 0 radical (unpaired) electrons.